The predicted molar refractivity (Wildman–Crippen MR) is 162 cm³/mol. The SMILES string of the molecule is c1cc[n+]2c(c1)-n1c3ccccc3c3ccc4c(c31)C21c2c(ccc3c5oc6ccccc6c5c5ccc[n+]1c5c23)O4. The summed E-state index contributed by atoms with van der Waals surface area (Å²) in [6.07, 6.45) is 4.50. The first-order valence-electron chi connectivity index (χ1n) is 14.4. The van der Waals surface area contributed by atoms with Gasteiger partial charge in [0, 0.05) is 39.1 Å². The fraction of sp³-hybridized carbons (Fsp3) is 0.0270. The second kappa shape index (κ2) is 6.29. The second-order valence-electron chi connectivity index (χ2n) is 11.7. The lowest BCUT2D eigenvalue weighted by molar-refractivity contribution is -0.956. The molecule has 5 nitrogen and oxygen atoms in total. The van der Waals surface area contributed by atoms with Crippen molar-refractivity contribution in [1.82, 2.24) is 4.57 Å². The number of aromatic nitrogens is 3. The molecule has 0 radical (unpaired) electrons. The zero-order chi connectivity index (χ0) is 26.9. The molecule has 0 aliphatic carbocycles. The van der Waals surface area contributed by atoms with Crippen molar-refractivity contribution in [2.45, 2.75) is 5.66 Å². The van der Waals surface area contributed by atoms with E-state index in [4.69, 9.17) is 9.15 Å². The van der Waals surface area contributed by atoms with E-state index in [-0.39, 0.29) is 0 Å². The first kappa shape index (κ1) is 20.2. The minimum absolute atomic E-state index is 0.667. The number of benzene rings is 5. The van der Waals surface area contributed by atoms with Crippen molar-refractivity contribution in [3.8, 4) is 17.3 Å². The molecule has 42 heavy (non-hydrogen) atoms. The van der Waals surface area contributed by atoms with Gasteiger partial charge in [-0.25, -0.2) is 0 Å². The quantitative estimate of drug-likeness (QED) is 0.148. The molecule has 4 aromatic heterocycles. The van der Waals surface area contributed by atoms with Gasteiger partial charge in [0.15, 0.2) is 17.3 Å². The van der Waals surface area contributed by atoms with E-state index >= 15 is 0 Å². The molecule has 0 N–H and O–H groups in total. The first-order chi connectivity index (χ1) is 20.9. The maximum Gasteiger partial charge on any atom is 0.374 e. The molecular formula is C37H19N3O2+2. The van der Waals surface area contributed by atoms with Gasteiger partial charge in [-0.3, -0.25) is 0 Å². The van der Waals surface area contributed by atoms with Crippen molar-refractivity contribution in [2.24, 2.45) is 0 Å². The van der Waals surface area contributed by atoms with Crippen LogP contribution in [0, 0.1) is 0 Å². The van der Waals surface area contributed by atoms with Gasteiger partial charge in [0.2, 0.25) is 5.52 Å². The number of pyridine rings is 2. The third-order valence-electron chi connectivity index (χ3n) is 9.99. The van der Waals surface area contributed by atoms with Crippen LogP contribution in [0.4, 0.5) is 0 Å². The molecule has 1 atom stereocenters. The Morgan fingerprint density at radius 1 is 0.571 bits per heavy atom. The molecule has 7 heterocycles. The van der Waals surface area contributed by atoms with Gasteiger partial charge in [0.05, 0.1) is 17.0 Å². The van der Waals surface area contributed by atoms with E-state index in [1.165, 1.54) is 54.6 Å². The van der Waals surface area contributed by atoms with Crippen LogP contribution in [-0.2, 0) is 5.66 Å². The van der Waals surface area contributed by atoms with Crippen molar-refractivity contribution in [1.29, 1.82) is 0 Å². The van der Waals surface area contributed by atoms with Gasteiger partial charge < -0.3 is 9.15 Å². The summed E-state index contributed by atoms with van der Waals surface area (Å²) in [6.45, 7) is 0. The lowest BCUT2D eigenvalue weighted by Crippen LogP contribution is -2.75. The van der Waals surface area contributed by atoms with Crippen molar-refractivity contribution in [3.05, 3.63) is 127 Å². The molecule has 1 spiro atoms. The lowest BCUT2D eigenvalue weighted by Gasteiger charge is -2.34. The van der Waals surface area contributed by atoms with Gasteiger partial charge in [-0.2, -0.15) is 9.13 Å². The Hall–Kier alpha value is -5.68. The highest BCUT2D eigenvalue weighted by Gasteiger charge is 2.66. The van der Waals surface area contributed by atoms with Crippen molar-refractivity contribution >= 4 is 65.4 Å². The summed E-state index contributed by atoms with van der Waals surface area (Å²) >= 11 is 0. The van der Waals surface area contributed by atoms with Gasteiger partial charge in [-0.15, -0.1) is 4.57 Å². The van der Waals surface area contributed by atoms with Crippen LogP contribution in [0.1, 0.15) is 11.1 Å². The first-order valence-corrected chi connectivity index (χ1v) is 14.4. The molecular weight excluding hydrogens is 518 g/mol. The number of para-hydroxylation sites is 2. The van der Waals surface area contributed by atoms with Gasteiger partial charge in [-0.1, -0.05) is 36.4 Å². The van der Waals surface area contributed by atoms with Crippen molar-refractivity contribution < 1.29 is 18.3 Å². The molecule has 1 unspecified atom stereocenters. The summed E-state index contributed by atoms with van der Waals surface area (Å²) in [5.41, 5.74) is 7.14. The minimum Gasteiger partial charge on any atom is -0.456 e. The number of ether oxygens (including phenoxy) is 1. The smallest absolute Gasteiger partial charge is 0.374 e. The Balaban J connectivity index is 1.42. The molecule has 12 rings (SSSR count). The largest absolute Gasteiger partial charge is 0.456 e. The van der Waals surface area contributed by atoms with Gasteiger partial charge >= 0.3 is 5.66 Å². The van der Waals surface area contributed by atoms with Gasteiger partial charge in [0.25, 0.3) is 5.82 Å². The van der Waals surface area contributed by atoms with E-state index in [1.54, 1.807) is 0 Å². The van der Waals surface area contributed by atoms with Crippen LogP contribution in [0.15, 0.2) is 120 Å². The Bertz CT molecular complexity index is 2790. The van der Waals surface area contributed by atoms with E-state index < -0.39 is 5.66 Å². The molecule has 0 fully saturated rings. The molecule has 192 valence electrons. The highest BCUT2D eigenvalue weighted by molar-refractivity contribution is 6.30. The fourth-order valence-electron chi connectivity index (χ4n) is 8.62. The zero-order valence-corrected chi connectivity index (χ0v) is 22.1. The van der Waals surface area contributed by atoms with Crippen LogP contribution in [0.25, 0.3) is 71.2 Å². The highest BCUT2D eigenvalue weighted by Crippen LogP contribution is 2.57. The van der Waals surface area contributed by atoms with E-state index in [1.807, 2.05) is 6.07 Å². The summed E-state index contributed by atoms with van der Waals surface area (Å²) < 4.78 is 20.9. The van der Waals surface area contributed by atoms with Crippen molar-refractivity contribution in [2.75, 3.05) is 0 Å². The Kier molecular flexibility index (Phi) is 3.03. The summed E-state index contributed by atoms with van der Waals surface area (Å²) in [5.74, 6) is 2.91. The summed E-state index contributed by atoms with van der Waals surface area (Å²) in [7, 11) is 0. The summed E-state index contributed by atoms with van der Waals surface area (Å²) in [6, 6.07) is 36.8. The average molecular weight is 538 g/mol. The molecule has 0 amide bonds. The molecule has 3 aliphatic rings. The standard InChI is InChI=1S/C37H19N3O2/c1-3-11-25-20(8-1)21-14-16-28-33-35(21)40(25)29-13-5-6-18-38(29)37(33)32-27(41-28)17-15-24-31(32)34-23(10-7-19-39(34)37)30-22-9-2-4-12-26(22)42-36(24)30/h1-19H/q+2. The number of hydrogen-bond donors (Lipinski definition) is 0. The molecule has 5 heteroatoms. The number of fused-ring (bicyclic) bond motifs is 10. The second-order valence-corrected chi connectivity index (χ2v) is 11.7. The van der Waals surface area contributed by atoms with Crippen LogP contribution in [0.5, 0.6) is 11.5 Å². The van der Waals surface area contributed by atoms with E-state index in [0.717, 1.165) is 39.3 Å². The highest BCUT2D eigenvalue weighted by atomic mass is 16.5. The Labute approximate surface area is 237 Å². The number of hydrogen-bond acceptors (Lipinski definition) is 2. The van der Waals surface area contributed by atoms with E-state index in [2.05, 4.69) is 123 Å². The molecule has 5 aromatic carbocycles. The third kappa shape index (κ3) is 1.85. The maximum atomic E-state index is 6.87. The number of nitrogens with zero attached hydrogens (tertiary/aromatic N) is 3. The van der Waals surface area contributed by atoms with Crippen LogP contribution in [-0.4, -0.2) is 4.57 Å². The fourth-order valence-corrected chi connectivity index (χ4v) is 8.62. The molecule has 0 saturated carbocycles. The average Bonchev–Trinajstić information content (AvgIpc) is 3.70. The number of furan rings is 1. The van der Waals surface area contributed by atoms with Gasteiger partial charge in [-0.05, 0) is 54.6 Å². The predicted octanol–water partition coefficient (Wildman–Crippen LogP) is 7.59. The lowest BCUT2D eigenvalue weighted by atomic mass is 9.83. The molecule has 9 aromatic rings. The van der Waals surface area contributed by atoms with Crippen LogP contribution < -0.4 is 13.9 Å². The van der Waals surface area contributed by atoms with Crippen LogP contribution in [0.3, 0.4) is 0 Å². The maximum absolute atomic E-state index is 6.87. The van der Waals surface area contributed by atoms with E-state index in [9.17, 15) is 0 Å². The van der Waals surface area contributed by atoms with Crippen LogP contribution in [0.2, 0.25) is 0 Å². The van der Waals surface area contributed by atoms with Crippen LogP contribution >= 0.6 is 0 Å². The monoisotopic (exact) mass is 537 g/mol. The zero-order valence-electron chi connectivity index (χ0n) is 22.1. The molecule has 0 bridgehead atoms. The molecule has 0 saturated heterocycles. The Morgan fingerprint density at radius 2 is 1.33 bits per heavy atom. The Morgan fingerprint density at radius 3 is 2.29 bits per heavy atom. The van der Waals surface area contributed by atoms with E-state index in [0.29, 0.717) is 0 Å². The number of rotatable bonds is 0. The summed E-state index contributed by atoms with van der Waals surface area (Å²) in [4.78, 5) is 0. The topological polar surface area (TPSA) is 35.1 Å². The molecule has 3 aliphatic heterocycles. The summed E-state index contributed by atoms with van der Waals surface area (Å²) in [5, 5.41) is 8.30. The van der Waals surface area contributed by atoms with Crippen molar-refractivity contribution in [3.63, 3.8) is 0 Å². The normalized spacial score (nSPS) is 17.3. The van der Waals surface area contributed by atoms with Gasteiger partial charge in [0.1, 0.15) is 33.7 Å². The minimum atomic E-state index is -0.667. The third-order valence-corrected chi connectivity index (χ3v) is 9.99.